The van der Waals surface area contributed by atoms with Crippen LogP contribution in [0.25, 0.3) is 0 Å². The van der Waals surface area contributed by atoms with Gasteiger partial charge in [0.1, 0.15) is 0 Å². The summed E-state index contributed by atoms with van der Waals surface area (Å²) in [5.41, 5.74) is -0.313. The topological polar surface area (TPSA) is 71.4 Å². The van der Waals surface area contributed by atoms with E-state index in [1.54, 1.807) is 13.8 Å². The summed E-state index contributed by atoms with van der Waals surface area (Å²) in [6.45, 7) is 3.49. The van der Waals surface area contributed by atoms with E-state index in [9.17, 15) is 13.2 Å². The van der Waals surface area contributed by atoms with Crippen molar-refractivity contribution in [3.05, 3.63) is 27.7 Å². The first-order valence-electron chi connectivity index (χ1n) is 5.10. The third kappa shape index (κ3) is 3.37. The van der Waals surface area contributed by atoms with Crippen molar-refractivity contribution in [1.29, 1.82) is 0 Å². The van der Waals surface area contributed by atoms with Crippen LogP contribution in [-0.4, -0.2) is 25.2 Å². The van der Waals surface area contributed by atoms with Crippen LogP contribution in [0.15, 0.2) is 17.0 Å². The third-order valence-electron chi connectivity index (χ3n) is 2.12. The number of hydrogen-bond donors (Lipinski definition) is 1. The van der Waals surface area contributed by atoms with Crippen LogP contribution in [0.3, 0.4) is 0 Å². The molecule has 0 saturated carbocycles. The van der Waals surface area contributed by atoms with Crippen LogP contribution < -0.4 is 0 Å². The summed E-state index contributed by atoms with van der Waals surface area (Å²) in [7, 11) is -3.65. The lowest BCUT2D eigenvalue weighted by molar-refractivity contribution is 0.0697. The van der Waals surface area contributed by atoms with E-state index in [0.717, 1.165) is 6.07 Å². The number of aromatic carboxylic acids is 1. The largest absolute Gasteiger partial charge is 0.478 e. The van der Waals surface area contributed by atoms with Crippen LogP contribution in [0.4, 0.5) is 0 Å². The summed E-state index contributed by atoms with van der Waals surface area (Å²) in [5, 5.41) is 8.65. The molecule has 0 saturated heterocycles. The third-order valence-corrected chi connectivity index (χ3v) is 4.96. The normalized spacial score (nSPS) is 11.8. The molecule has 4 nitrogen and oxygen atoms in total. The summed E-state index contributed by atoms with van der Waals surface area (Å²) >= 11 is 11.5. The zero-order valence-electron chi connectivity index (χ0n) is 9.78. The number of hydrogen-bond acceptors (Lipinski definition) is 3. The molecule has 0 spiro atoms. The molecule has 0 bridgehead atoms. The first-order chi connectivity index (χ1) is 8.15. The van der Waals surface area contributed by atoms with E-state index < -0.39 is 15.8 Å². The molecule has 0 aliphatic carbocycles. The molecule has 0 atom stereocenters. The highest BCUT2D eigenvalue weighted by Crippen LogP contribution is 2.30. The van der Waals surface area contributed by atoms with Crippen LogP contribution in [0, 0.1) is 5.92 Å². The fraction of sp³-hybridized carbons (Fsp3) is 0.364. The standard InChI is InChI=1S/C11H12Cl2O4S/c1-6(2)5-18(16,17)9-4-7(12)3-8(10(9)13)11(14)15/h3-4,6H,5H2,1-2H3,(H,14,15). The first kappa shape index (κ1) is 15.3. The van der Waals surface area contributed by atoms with Crippen molar-refractivity contribution in [3.8, 4) is 0 Å². The van der Waals surface area contributed by atoms with Crippen molar-refractivity contribution in [2.75, 3.05) is 5.75 Å². The first-order valence-corrected chi connectivity index (χ1v) is 7.51. The van der Waals surface area contributed by atoms with Crippen LogP contribution in [-0.2, 0) is 9.84 Å². The highest BCUT2D eigenvalue weighted by atomic mass is 35.5. The molecule has 0 aliphatic rings. The minimum Gasteiger partial charge on any atom is -0.478 e. The minimum atomic E-state index is -3.65. The molecule has 1 aromatic carbocycles. The van der Waals surface area contributed by atoms with Gasteiger partial charge in [-0.15, -0.1) is 0 Å². The summed E-state index contributed by atoms with van der Waals surface area (Å²) in [4.78, 5) is 10.7. The Kier molecular flexibility index (Phi) is 4.64. The monoisotopic (exact) mass is 310 g/mol. The van der Waals surface area contributed by atoms with Gasteiger partial charge in [0.25, 0.3) is 0 Å². The van der Waals surface area contributed by atoms with E-state index in [-0.39, 0.29) is 32.2 Å². The van der Waals surface area contributed by atoms with Gasteiger partial charge < -0.3 is 5.11 Å². The summed E-state index contributed by atoms with van der Waals surface area (Å²) < 4.78 is 24.1. The number of carbonyl (C=O) groups is 1. The molecule has 1 aromatic rings. The molecule has 1 N–H and O–H groups in total. The highest BCUT2D eigenvalue weighted by Gasteiger charge is 2.24. The number of sulfone groups is 1. The maximum absolute atomic E-state index is 12.1. The molecule has 1 rings (SSSR count). The van der Waals surface area contributed by atoms with Gasteiger partial charge in [0.2, 0.25) is 0 Å². The Morgan fingerprint density at radius 1 is 1.33 bits per heavy atom. The molecule has 100 valence electrons. The quantitative estimate of drug-likeness (QED) is 0.927. The van der Waals surface area contributed by atoms with Crippen molar-refractivity contribution in [1.82, 2.24) is 0 Å². The molecule has 0 radical (unpaired) electrons. The maximum atomic E-state index is 12.1. The predicted molar refractivity (Wildman–Crippen MR) is 70.3 cm³/mol. The van der Waals surface area contributed by atoms with Crippen molar-refractivity contribution in [3.63, 3.8) is 0 Å². The van der Waals surface area contributed by atoms with Crippen molar-refractivity contribution in [2.45, 2.75) is 18.7 Å². The van der Waals surface area contributed by atoms with Gasteiger partial charge in [0, 0.05) is 5.02 Å². The Balaban J connectivity index is 3.47. The average Bonchev–Trinajstić information content (AvgIpc) is 2.18. The second-order valence-electron chi connectivity index (χ2n) is 4.25. The van der Waals surface area contributed by atoms with Gasteiger partial charge in [-0.1, -0.05) is 37.0 Å². The van der Waals surface area contributed by atoms with E-state index >= 15 is 0 Å². The van der Waals surface area contributed by atoms with Crippen molar-refractivity contribution in [2.24, 2.45) is 5.92 Å². The molecule has 0 amide bonds. The maximum Gasteiger partial charge on any atom is 0.337 e. The van der Waals surface area contributed by atoms with Gasteiger partial charge in [-0.2, -0.15) is 0 Å². The van der Waals surface area contributed by atoms with Crippen LogP contribution >= 0.6 is 23.2 Å². The molecule has 18 heavy (non-hydrogen) atoms. The molecule has 7 heteroatoms. The second-order valence-corrected chi connectivity index (χ2v) is 7.06. The minimum absolute atomic E-state index is 0.0270. The number of halogens is 2. The molecule has 0 aliphatic heterocycles. The van der Waals surface area contributed by atoms with Crippen molar-refractivity contribution >= 4 is 39.0 Å². The molecule has 0 heterocycles. The lowest BCUT2D eigenvalue weighted by Crippen LogP contribution is -2.13. The van der Waals surface area contributed by atoms with Gasteiger partial charge in [-0.3, -0.25) is 0 Å². The number of rotatable bonds is 4. The zero-order chi connectivity index (χ0) is 14.1. The number of benzene rings is 1. The van der Waals surface area contributed by atoms with Crippen molar-refractivity contribution < 1.29 is 18.3 Å². The lowest BCUT2D eigenvalue weighted by atomic mass is 10.2. The molecule has 0 fully saturated rings. The second kappa shape index (κ2) is 5.47. The van der Waals surface area contributed by atoms with Crippen LogP contribution in [0.2, 0.25) is 10.0 Å². The van der Waals surface area contributed by atoms with E-state index in [4.69, 9.17) is 28.3 Å². The van der Waals surface area contributed by atoms with E-state index in [1.165, 1.54) is 6.07 Å². The van der Waals surface area contributed by atoms with E-state index in [2.05, 4.69) is 0 Å². The van der Waals surface area contributed by atoms with Gasteiger partial charge >= 0.3 is 5.97 Å². The summed E-state index contributed by atoms with van der Waals surface area (Å²) in [6.07, 6.45) is 0. The van der Waals surface area contributed by atoms with Crippen LogP contribution in [0.1, 0.15) is 24.2 Å². The van der Waals surface area contributed by atoms with Gasteiger partial charge in [0.05, 0.1) is 21.2 Å². The van der Waals surface area contributed by atoms with E-state index in [1.807, 2.05) is 0 Å². The Morgan fingerprint density at radius 2 is 1.89 bits per heavy atom. The Morgan fingerprint density at radius 3 is 2.33 bits per heavy atom. The number of carboxylic acid groups (broad SMARTS) is 1. The highest BCUT2D eigenvalue weighted by molar-refractivity contribution is 7.91. The zero-order valence-corrected chi connectivity index (χ0v) is 12.1. The SMILES string of the molecule is CC(C)CS(=O)(=O)c1cc(Cl)cc(C(=O)O)c1Cl. The number of carboxylic acids is 1. The van der Waals surface area contributed by atoms with Gasteiger partial charge in [-0.05, 0) is 18.1 Å². The smallest absolute Gasteiger partial charge is 0.337 e. The molecular formula is C11H12Cl2O4S. The lowest BCUT2D eigenvalue weighted by Gasteiger charge is -2.11. The van der Waals surface area contributed by atoms with E-state index in [0.29, 0.717) is 0 Å². The summed E-state index contributed by atoms with van der Waals surface area (Å²) in [6, 6.07) is 2.30. The predicted octanol–water partition coefficient (Wildman–Crippen LogP) is 3.12. The Hall–Kier alpha value is -0.780. The fourth-order valence-corrected chi connectivity index (χ4v) is 4.05. The van der Waals surface area contributed by atoms with Crippen LogP contribution in [0.5, 0.6) is 0 Å². The molecule has 0 aromatic heterocycles. The average molecular weight is 311 g/mol. The fourth-order valence-electron chi connectivity index (χ4n) is 1.47. The Bertz CT molecular complexity index is 579. The summed E-state index contributed by atoms with van der Waals surface area (Å²) in [5.74, 6) is -1.53. The van der Waals surface area contributed by atoms with Gasteiger partial charge in [0.15, 0.2) is 9.84 Å². The molecule has 0 unspecified atom stereocenters. The van der Waals surface area contributed by atoms with Gasteiger partial charge in [-0.25, -0.2) is 13.2 Å². The molecular weight excluding hydrogens is 299 g/mol. The Labute approximate surface area is 115 Å².